The molecule has 84 valence electrons. The van der Waals surface area contributed by atoms with Crippen molar-refractivity contribution in [3.05, 3.63) is 0 Å². The smallest absolute Gasteiger partial charge is 0.339 e. The molecule has 0 spiro atoms. The van der Waals surface area contributed by atoms with Gasteiger partial charge in [0.15, 0.2) is 6.66 Å². The molecule has 1 unspecified atom stereocenters. The van der Waals surface area contributed by atoms with E-state index in [4.69, 9.17) is 0 Å². The Kier molecular flexibility index (Phi) is 3.57. The van der Waals surface area contributed by atoms with Crippen molar-refractivity contribution >= 4 is 13.9 Å². The molecule has 0 radical (unpaired) electrons. The second-order valence-corrected chi connectivity index (χ2v) is 5.38. The minimum absolute atomic E-state index is 0.994. The second kappa shape index (κ2) is 4.93. The maximum atomic E-state index is 11.3. The molecule has 0 aromatic carbocycles. The van der Waals surface area contributed by atoms with Crippen molar-refractivity contribution < 1.29 is 4.57 Å². The van der Waals surface area contributed by atoms with E-state index in [1.54, 1.807) is 6.66 Å². The Balaban J connectivity index is 2.10. The molecule has 2 aliphatic heterocycles. The molecule has 0 aliphatic carbocycles. The van der Waals surface area contributed by atoms with E-state index in [-0.39, 0.29) is 0 Å². The van der Waals surface area contributed by atoms with E-state index in [9.17, 15) is 4.57 Å². The second-order valence-electron chi connectivity index (χ2n) is 4.25. The Bertz CT molecular complexity index is 250. The van der Waals surface area contributed by atoms with Gasteiger partial charge in [-0.15, -0.1) is 0 Å². The molecule has 0 aromatic rings. The average Bonchev–Trinajstić information content (AvgIpc) is 2.87. The normalized spacial score (nSPS) is 22.1. The highest BCUT2D eigenvalue weighted by Crippen LogP contribution is 2.22. The summed E-state index contributed by atoms with van der Waals surface area (Å²) < 4.78 is 15.6. The van der Waals surface area contributed by atoms with E-state index in [0.717, 1.165) is 32.1 Å². The first kappa shape index (κ1) is 10.9. The molecular weight excluding hydrogens is 209 g/mol. The SMILES string of the molecule is C[P+](=O)N=C(N1CCCC1)N1CCCC1. The van der Waals surface area contributed by atoms with Gasteiger partial charge in [0, 0.05) is 30.9 Å². The summed E-state index contributed by atoms with van der Waals surface area (Å²) >= 11 is 0. The molecule has 0 saturated carbocycles. The maximum Gasteiger partial charge on any atom is 0.485 e. The molecular formula is C10H19N3OP+. The summed E-state index contributed by atoms with van der Waals surface area (Å²) in [6.07, 6.45) is 4.97. The van der Waals surface area contributed by atoms with Gasteiger partial charge in [-0.25, -0.2) is 0 Å². The van der Waals surface area contributed by atoms with Crippen LogP contribution in [0.3, 0.4) is 0 Å². The van der Waals surface area contributed by atoms with Crippen LogP contribution in [0.4, 0.5) is 0 Å². The molecule has 5 heteroatoms. The first-order chi connectivity index (χ1) is 7.27. The number of hydrogen-bond donors (Lipinski definition) is 0. The molecule has 15 heavy (non-hydrogen) atoms. The van der Waals surface area contributed by atoms with Crippen molar-refractivity contribution in [2.75, 3.05) is 32.8 Å². The third-order valence-electron chi connectivity index (χ3n) is 3.01. The standard InChI is InChI=1S/C10H19N3OP/c1-15(14)11-10(12-6-2-3-7-12)13-8-4-5-9-13/h2-9H2,1H3/q+1. The van der Waals surface area contributed by atoms with E-state index in [0.29, 0.717) is 0 Å². The molecule has 0 N–H and O–H groups in total. The highest BCUT2D eigenvalue weighted by atomic mass is 31.1. The van der Waals surface area contributed by atoms with Gasteiger partial charge in [-0.2, -0.15) is 0 Å². The van der Waals surface area contributed by atoms with Crippen LogP contribution in [0.2, 0.25) is 0 Å². The van der Waals surface area contributed by atoms with E-state index in [2.05, 4.69) is 14.6 Å². The lowest BCUT2D eigenvalue weighted by Gasteiger charge is -2.25. The molecule has 2 fully saturated rings. The number of nitrogens with zero attached hydrogens (tertiary/aromatic N) is 3. The van der Waals surface area contributed by atoms with Gasteiger partial charge in [-0.05, 0) is 30.2 Å². The van der Waals surface area contributed by atoms with Crippen LogP contribution in [0.5, 0.6) is 0 Å². The van der Waals surface area contributed by atoms with E-state index in [1.165, 1.54) is 25.7 Å². The van der Waals surface area contributed by atoms with E-state index in [1.807, 2.05) is 0 Å². The Morgan fingerprint density at radius 2 is 1.40 bits per heavy atom. The van der Waals surface area contributed by atoms with Gasteiger partial charge < -0.3 is 9.80 Å². The van der Waals surface area contributed by atoms with Crippen molar-refractivity contribution in [2.24, 2.45) is 4.76 Å². The van der Waals surface area contributed by atoms with Gasteiger partial charge in [0.1, 0.15) is 0 Å². The van der Waals surface area contributed by atoms with Crippen LogP contribution in [0.25, 0.3) is 0 Å². The molecule has 0 aromatic heterocycles. The van der Waals surface area contributed by atoms with E-state index < -0.39 is 7.95 Å². The van der Waals surface area contributed by atoms with Crippen molar-refractivity contribution in [3.8, 4) is 0 Å². The van der Waals surface area contributed by atoms with Gasteiger partial charge in [0.2, 0.25) is 5.96 Å². The van der Waals surface area contributed by atoms with Crippen molar-refractivity contribution in [2.45, 2.75) is 25.7 Å². The molecule has 4 nitrogen and oxygen atoms in total. The van der Waals surface area contributed by atoms with Crippen LogP contribution in [-0.2, 0) is 4.57 Å². The van der Waals surface area contributed by atoms with Crippen LogP contribution in [-0.4, -0.2) is 48.6 Å². The molecule has 2 saturated heterocycles. The lowest BCUT2D eigenvalue weighted by Crippen LogP contribution is -2.41. The lowest BCUT2D eigenvalue weighted by atomic mass is 10.4. The van der Waals surface area contributed by atoms with Crippen LogP contribution < -0.4 is 0 Å². The van der Waals surface area contributed by atoms with Gasteiger partial charge in [0.05, 0.1) is 0 Å². The zero-order valence-electron chi connectivity index (χ0n) is 9.35. The predicted molar refractivity (Wildman–Crippen MR) is 62.6 cm³/mol. The topological polar surface area (TPSA) is 35.9 Å². The highest BCUT2D eigenvalue weighted by molar-refractivity contribution is 7.42. The number of rotatable bonds is 1. The number of hydrogen-bond acceptors (Lipinski definition) is 1. The zero-order valence-corrected chi connectivity index (χ0v) is 10.2. The van der Waals surface area contributed by atoms with Crippen molar-refractivity contribution in [3.63, 3.8) is 0 Å². The summed E-state index contributed by atoms with van der Waals surface area (Å²) in [5.41, 5.74) is 0. The average molecular weight is 228 g/mol. The van der Waals surface area contributed by atoms with Crippen LogP contribution in [0.1, 0.15) is 25.7 Å². The molecule has 2 aliphatic rings. The monoisotopic (exact) mass is 228 g/mol. The molecule has 0 amide bonds. The van der Waals surface area contributed by atoms with Gasteiger partial charge in [0.25, 0.3) is 0 Å². The molecule has 2 heterocycles. The summed E-state index contributed by atoms with van der Waals surface area (Å²) in [5, 5.41) is 0. The third kappa shape index (κ3) is 2.69. The summed E-state index contributed by atoms with van der Waals surface area (Å²) in [4.78, 5) is 4.59. The molecule has 2 rings (SSSR count). The van der Waals surface area contributed by atoms with Crippen molar-refractivity contribution in [1.29, 1.82) is 0 Å². The van der Waals surface area contributed by atoms with Crippen molar-refractivity contribution in [1.82, 2.24) is 9.80 Å². The molecule has 1 atom stereocenters. The van der Waals surface area contributed by atoms with Crippen LogP contribution in [0, 0.1) is 0 Å². The summed E-state index contributed by atoms with van der Waals surface area (Å²) in [5.74, 6) is 0.994. The Hall–Kier alpha value is -0.630. The van der Waals surface area contributed by atoms with Crippen LogP contribution >= 0.6 is 7.95 Å². The number of likely N-dealkylation sites (tertiary alicyclic amines) is 2. The van der Waals surface area contributed by atoms with E-state index >= 15 is 0 Å². The first-order valence-electron chi connectivity index (χ1n) is 5.77. The van der Waals surface area contributed by atoms with Crippen LogP contribution in [0.15, 0.2) is 4.76 Å². The van der Waals surface area contributed by atoms with Gasteiger partial charge in [-0.1, -0.05) is 0 Å². The predicted octanol–water partition coefficient (Wildman–Crippen LogP) is 1.91. The first-order valence-corrected chi connectivity index (χ1v) is 7.43. The fraction of sp³-hybridized carbons (Fsp3) is 0.900. The largest absolute Gasteiger partial charge is 0.485 e. The lowest BCUT2D eigenvalue weighted by molar-refractivity contribution is 0.396. The van der Waals surface area contributed by atoms with Gasteiger partial charge in [-0.3, -0.25) is 0 Å². The summed E-state index contributed by atoms with van der Waals surface area (Å²) in [6, 6.07) is 0. The minimum Gasteiger partial charge on any atom is -0.339 e. The fourth-order valence-corrected chi connectivity index (χ4v) is 2.79. The molecule has 0 bridgehead atoms. The summed E-state index contributed by atoms with van der Waals surface area (Å²) in [7, 11) is -1.42. The Morgan fingerprint density at radius 3 is 1.73 bits per heavy atom. The maximum absolute atomic E-state index is 11.3. The summed E-state index contributed by atoms with van der Waals surface area (Å²) in [6.45, 7) is 6.01. The van der Waals surface area contributed by atoms with Gasteiger partial charge >= 0.3 is 7.95 Å². The Morgan fingerprint density at radius 1 is 1.00 bits per heavy atom. The zero-order chi connectivity index (χ0) is 10.7. The number of guanidine groups is 1. The third-order valence-corrected chi connectivity index (χ3v) is 3.47. The minimum atomic E-state index is -1.42. The fourth-order valence-electron chi connectivity index (χ4n) is 2.29. The quantitative estimate of drug-likeness (QED) is 0.391. The Labute approximate surface area is 92.2 Å². The highest BCUT2D eigenvalue weighted by Gasteiger charge is 2.27.